The first-order valence-corrected chi connectivity index (χ1v) is 18.2. The molecule has 1 fully saturated rings. The lowest BCUT2D eigenvalue weighted by Gasteiger charge is -2.32. The van der Waals surface area contributed by atoms with Gasteiger partial charge in [0.2, 0.25) is 5.76 Å². The van der Waals surface area contributed by atoms with E-state index < -0.39 is 30.2 Å². The van der Waals surface area contributed by atoms with Crippen molar-refractivity contribution >= 4 is 29.7 Å². The monoisotopic (exact) mass is 715 g/mol. The fraction of sp³-hybridized carbons (Fsp3) is 0.500. The van der Waals surface area contributed by atoms with E-state index in [1.807, 2.05) is 18.2 Å². The second kappa shape index (κ2) is 14.6. The number of carbonyl (C=O) groups is 3. The van der Waals surface area contributed by atoms with Gasteiger partial charge in [0.15, 0.2) is 6.29 Å². The number of ether oxygens (including phenoxy) is 4. The minimum absolute atomic E-state index is 0.0131. The summed E-state index contributed by atoms with van der Waals surface area (Å²) in [6.45, 7) is 3.02. The maximum atomic E-state index is 13.9. The van der Waals surface area contributed by atoms with Crippen LogP contribution in [0.25, 0.3) is 11.6 Å². The molecule has 52 heavy (non-hydrogen) atoms. The number of fused-ring (bicyclic) bond motifs is 7. The van der Waals surface area contributed by atoms with E-state index in [1.165, 1.54) is 0 Å². The van der Waals surface area contributed by atoms with Crippen LogP contribution in [0.2, 0.25) is 0 Å². The maximum Gasteiger partial charge on any atom is 0.375 e. The molecule has 0 unspecified atom stereocenters. The summed E-state index contributed by atoms with van der Waals surface area (Å²) in [5, 5.41) is 44.4. The fourth-order valence-electron chi connectivity index (χ4n) is 8.27. The summed E-state index contributed by atoms with van der Waals surface area (Å²) in [6.07, 6.45) is 4.38. The van der Waals surface area contributed by atoms with Crippen molar-refractivity contribution < 1.29 is 53.8 Å². The Morgan fingerprint density at radius 1 is 1.12 bits per heavy atom. The van der Waals surface area contributed by atoms with Gasteiger partial charge < -0.3 is 39.4 Å². The number of benzene rings is 2. The molecule has 0 saturated heterocycles. The van der Waals surface area contributed by atoms with Crippen LogP contribution in [-0.4, -0.2) is 83.1 Å². The Hall–Kier alpha value is -4.36. The number of aliphatic hydroxyl groups is 4. The van der Waals surface area contributed by atoms with Crippen molar-refractivity contribution in [3.63, 3.8) is 0 Å². The average molecular weight is 716 g/mol. The van der Waals surface area contributed by atoms with Gasteiger partial charge in [-0.25, -0.2) is 4.79 Å². The molecule has 12 nitrogen and oxygen atoms in total. The molecule has 1 saturated carbocycles. The van der Waals surface area contributed by atoms with Gasteiger partial charge in [0.1, 0.15) is 29.1 Å². The smallest absolute Gasteiger partial charge is 0.375 e. The highest BCUT2D eigenvalue weighted by Crippen LogP contribution is 2.56. The molecular weight excluding hydrogens is 670 g/mol. The number of nitrogens with zero attached hydrogens (tertiary/aromatic N) is 1. The summed E-state index contributed by atoms with van der Waals surface area (Å²) in [7, 11) is 0. The highest BCUT2D eigenvalue weighted by molar-refractivity contribution is 6.11. The third-order valence-corrected chi connectivity index (χ3v) is 11.1. The summed E-state index contributed by atoms with van der Waals surface area (Å²) >= 11 is 0. The number of ketones is 1. The topological polar surface area (TPSA) is 181 Å². The zero-order valence-corrected chi connectivity index (χ0v) is 29.5. The summed E-state index contributed by atoms with van der Waals surface area (Å²) in [6, 6.07) is 4.08. The van der Waals surface area contributed by atoms with Gasteiger partial charge in [-0.3, -0.25) is 14.6 Å². The molecule has 2 bridgehead atoms. The third kappa shape index (κ3) is 6.25. The van der Waals surface area contributed by atoms with Crippen molar-refractivity contribution in [1.82, 2.24) is 0 Å². The van der Waals surface area contributed by atoms with Crippen molar-refractivity contribution in [1.29, 1.82) is 0 Å². The van der Waals surface area contributed by atoms with Gasteiger partial charge in [-0.15, -0.1) is 0 Å². The molecule has 5 aliphatic rings. The number of rotatable bonds is 9. The second-order valence-electron chi connectivity index (χ2n) is 14.4. The van der Waals surface area contributed by atoms with E-state index in [4.69, 9.17) is 18.9 Å². The van der Waals surface area contributed by atoms with Crippen molar-refractivity contribution in [2.75, 3.05) is 33.0 Å². The molecule has 4 aliphatic heterocycles. The number of hydrogen-bond donors (Lipinski definition) is 4. The highest BCUT2D eigenvalue weighted by Gasteiger charge is 2.46. The van der Waals surface area contributed by atoms with E-state index in [1.54, 1.807) is 13.8 Å². The Labute approximate surface area is 301 Å². The Morgan fingerprint density at radius 2 is 1.94 bits per heavy atom. The molecule has 4 atom stereocenters. The van der Waals surface area contributed by atoms with E-state index in [0.29, 0.717) is 61.0 Å². The maximum absolute atomic E-state index is 13.9. The van der Waals surface area contributed by atoms with Gasteiger partial charge in [0, 0.05) is 49.0 Å². The first-order chi connectivity index (χ1) is 25.1. The largest absolute Gasteiger partial charge is 0.492 e. The molecule has 4 N–H and O–H groups in total. The molecule has 2 aromatic rings. The lowest BCUT2D eigenvalue weighted by molar-refractivity contribution is -0.141. The predicted octanol–water partition coefficient (Wildman–Crippen LogP) is 2.05. The Kier molecular flexibility index (Phi) is 10.1. The molecule has 12 heteroatoms. The van der Waals surface area contributed by atoms with Crippen LogP contribution in [0, 0.1) is 5.92 Å². The number of allylic oxidation sites excluding steroid dienone is 3. The lowest BCUT2D eigenvalue weighted by Crippen LogP contribution is -2.42. The number of carbonyl (C=O) groups excluding carboxylic acids is 3. The first kappa shape index (κ1) is 36.0. The van der Waals surface area contributed by atoms with Gasteiger partial charge >= 0.3 is 5.97 Å². The summed E-state index contributed by atoms with van der Waals surface area (Å²) in [4.78, 5) is 45.2. The van der Waals surface area contributed by atoms with Crippen LogP contribution in [0.1, 0.15) is 86.1 Å². The van der Waals surface area contributed by atoms with Crippen LogP contribution in [0.15, 0.2) is 34.0 Å². The molecule has 276 valence electrons. The fourth-order valence-corrected chi connectivity index (χ4v) is 8.27. The van der Waals surface area contributed by atoms with Crippen LogP contribution >= 0.6 is 0 Å². The average Bonchev–Trinajstić information content (AvgIpc) is 3.80. The SMILES string of the molecule is CCOC(=O)C1=C(C=O)C2=C3CCC(=O)[C@H](C3)c3cc4c(cc3CC[C@@H](CO)COc3c5c(c(CO)c(c32)O1)O[C@H]([C@](C)(O)CCCO)C5)=NCC=4. The standard InChI is InChI=1S/C40H45NO11/c1-3-49-39(47)38-28(18-44)33-24-7-8-31(46)26(14-24)25-13-23-9-11-41-30(23)15-22(25)6-5-21(17-43)20-50-36-27-16-32(40(2,48)10-4-12-42)51-35(27)29(19-45)37(52-38)34(33)36/h9,13,15,18,21,26,32,42-43,45,48H,3-8,10-12,14,16-17,19-20H2,1-2H3/t21-,26+,32-,40+/m0/s1. The van der Waals surface area contributed by atoms with Crippen molar-refractivity contribution in [3.05, 3.63) is 67.4 Å². The molecular formula is C40H45NO11. The van der Waals surface area contributed by atoms with E-state index >= 15 is 0 Å². The summed E-state index contributed by atoms with van der Waals surface area (Å²) in [5.74, 6) is -1.46. The summed E-state index contributed by atoms with van der Waals surface area (Å²) in [5.41, 5.74) is 2.63. The number of aliphatic hydroxyl groups excluding tert-OH is 3. The minimum Gasteiger partial charge on any atom is -0.492 e. The lowest BCUT2D eigenvalue weighted by atomic mass is 9.74. The zero-order valence-electron chi connectivity index (χ0n) is 29.5. The number of aldehydes is 1. The zero-order chi connectivity index (χ0) is 36.7. The van der Waals surface area contributed by atoms with E-state index in [9.17, 15) is 34.8 Å². The van der Waals surface area contributed by atoms with Crippen molar-refractivity contribution in [3.8, 4) is 17.2 Å². The van der Waals surface area contributed by atoms with Gasteiger partial charge in [0.05, 0.1) is 54.0 Å². The Balaban J connectivity index is 1.51. The number of esters is 1. The quantitative estimate of drug-likeness (QED) is 0.220. The molecule has 1 aliphatic carbocycles. The normalized spacial score (nSPS) is 23.0. The molecule has 0 radical (unpaired) electrons. The predicted molar refractivity (Wildman–Crippen MR) is 187 cm³/mol. The number of aryl methyl sites for hydroxylation is 1. The molecule has 0 amide bonds. The van der Waals surface area contributed by atoms with Crippen LogP contribution in [-0.2, 0) is 38.6 Å². The summed E-state index contributed by atoms with van der Waals surface area (Å²) < 4.78 is 24.7. The first-order valence-electron chi connectivity index (χ1n) is 18.2. The van der Waals surface area contributed by atoms with Crippen LogP contribution in [0.5, 0.6) is 17.2 Å². The molecule has 0 spiro atoms. The van der Waals surface area contributed by atoms with E-state index in [-0.39, 0.29) is 92.2 Å². The highest BCUT2D eigenvalue weighted by atomic mass is 16.6. The van der Waals surface area contributed by atoms with Crippen LogP contribution in [0.3, 0.4) is 0 Å². The Morgan fingerprint density at radius 3 is 2.67 bits per heavy atom. The third-order valence-electron chi connectivity index (χ3n) is 11.1. The minimum atomic E-state index is -1.38. The van der Waals surface area contributed by atoms with Gasteiger partial charge in [-0.05, 0) is 80.9 Å². The number of Topliss-reactive ketones (excluding diaryl/α,β-unsaturated/α-hetero) is 1. The molecule has 7 rings (SSSR count). The van der Waals surface area contributed by atoms with Gasteiger partial charge in [0.25, 0.3) is 0 Å². The molecule has 4 heterocycles. The van der Waals surface area contributed by atoms with Crippen LogP contribution in [0.4, 0.5) is 0 Å². The molecule has 2 aromatic carbocycles. The van der Waals surface area contributed by atoms with Gasteiger partial charge in [-0.2, -0.15) is 0 Å². The molecule has 0 aromatic heterocycles. The van der Waals surface area contributed by atoms with Gasteiger partial charge in [-0.1, -0.05) is 11.6 Å². The second-order valence-corrected chi connectivity index (χ2v) is 14.4. The Bertz CT molecular complexity index is 2010. The van der Waals surface area contributed by atoms with E-state index in [0.717, 1.165) is 27.3 Å². The van der Waals surface area contributed by atoms with Crippen LogP contribution < -0.4 is 24.8 Å². The van der Waals surface area contributed by atoms with E-state index in [2.05, 4.69) is 4.99 Å². The van der Waals surface area contributed by atoms with Crippen molar-refractivity contribution in [2.24, 2.45) is 10.9 Å². The van der Waals surface area contributed by atoms with Crippen molar-refractivity contribution in [2.45, 2.75) is 89.4 Å². The number of hydrogen-bond acceptors (Lipinski definition) is 12.